The molecule has 0 unspecified atom stereocenters. The van der Waals surface area contributed by atoms with Crippen molar-refractivity contribution in [2.75, 3.05) is 5.73 Å². The summed E-state index contributed by atoms with van der Waals surface area (Å²) >= 11 is 0. The molecule has 1 fully saturated rings. The summed E-state index contributed by atoms with van der Waals surface area (Å²) in [7, 11) is 0. The highest BCUT2D eigenvalue weighted by Crippen LogP contribution is 2.36. The standard InChI is InChI=1S/C8H12N4O2/c1-5-7(12(13)14)8(9)11(10-5)6-3-2-4-6/h6H,2-4,9H2,1H3. The predicted molar refractivity (Wildman–Crippen MR) is 50.9 cm³/mol. The first-order chi connectivity index (χ1) is 6.61. The first kappa shape index (κ1) is 8.98. The van der Waals surface area contributed by atoms with Crippen molar-refractivity contribution >= 4 is 11.5 Å². The van der Waals surface area contributed by atoms with Gasteiger partial charge in [0.15, 0.2) is 0 Å². The van der Waals surface area contributed by atoms with E-state index in [9.17, 15) is 10.1 Å². The van der Waals surface area contributed by atoms with Crippen LogP contribution in [-0.4, -0.2) is 14.7 Å². The molecule has 14 heavy (non-hydrogen) atoms. The first-order valence-corrected chi connectivity index (χ1v) is 4.60. The van der Waals surface area contributed by atoms with Crippen molar-refractivity contribution in [3.05, 3.63) is 15.8 Å². The van der Waals surface area contributed by atoms with Gasteiger partial charge >= 0.3 is 5.69 Å². The van der Waals surface area contributed by atoms with Gasteiger partial charge < -0.3 is 5.73 Å². The van der Waals surface area contributed by atoms with Crippen molar-refractivity contribution in [2.24, 2.45) is 0 Å². The molecule has 1 saturated carbocycles. The molecule has 0 atom stereocenters. The van der Waals surface area contributed by atoms with Gasteiger partial charge in [-0.3, -0.25) is 10.1 Å². The van der Waals surface area contributed by atoms with Gasteiger partial charge in [0.1, 0.15) is 5.69 Å². The molecule has 1 aliphatic rings. The van der Waals surface area contributed by atoms with Gasteiger partial charge in [-0.05, 0) is 26.2 Å². The van der Waals surface area contributed by atoms with Gasteiger partial charge in [-0.25, -0.2) is 4.68 Å². The molecule has 76 valence electrons. The van der Waals surface area contributed by atoms with Gasteiger partial charge in [0, 0.05) is 0 Å². The minimum absolute atomic E-state index is 0.0445. The maximum atomic E-state index is 10.7. The Bertz CT molecular complexity index is 381. The molecule has 6 heteroatoms. The number of aryl methyl sites for hydroxylation is 1. The molecule has 1 aromatic heterocycles. The second-order valence-corrected chi connectivity index (χ2v) is 3.61. The second-order valence-electron chi connectivity index (χ2n) is 3.61. The minimum Gasteiger partial charge on any atom is -0.378 e. The lowest BCUT2D eigenvalue weighted by molar-refractivity contribution is -0.384. The van der Waals surface area contributed by atoms with Crippen LogP contribution in [0.25, 0.3) is 0 Å². The molecular formula is C8H12N4O2. The summed E-state index contributed by atoms with van der Waals surface area (Å²) in [6.45, 7) is 1.61. The van der Waals surface area contributed by atoms with Crippen LogP contribution < -0.4 is 5.73 Å². The lowest BCUT2D eigenvalue weighted by Crippen LogP contribution is -2.19. The normalized spacial score (nSPS) is 16.6. The van der Waals surface area contributed by atoms with E-state index < -0.39 is 4.92 Å². The van der Waals surface area contributed by atoms with E-state index in [0.29, 0.717) is 5.69 Å². The number of nitro groups is 1. The van der Waals surface area contributed by atoms with Crippen molar-refractivity contribution in [1.29, 1.82) is 0 Å². The van der Waals surface area contributed by atoms with E-state index in [4.69, 9.17) is 5.73 Å². The van der Waals surface area contributed by atoms with E-state index in [1.807, 2.05) is 0 Å². The molecule has 1 aliphatic carbocycles. The fourth-order valence-electron chi connectivity index (χ4n) is 1.69. The molecule has 0 aromatic carbocycles. The molecular weight excluding hydrogens is 184 g/mol. The third kappa shape index (κ3) is 1.14. The Morgan fingerprint density at radius 2 is 2.29 bits per heavy atom. The quantitative estimate of drug-likeness (QED) is 0.572. The zero-order chi connectivity index (χ0) is 10.3. The number of hydrogen-bond donors (Lipinski definition) is 1. The van der Waals surface area contributed by atoms with Crippen molar-refractivity contribution in [3.63, 3.8) is 0 Å². The summed E-state index contributed by atoms with van der Waals surface area (Å²) in [4.78, 5) is 10.2. The Hall–Kier alpha value is -1.59. The third-order valence-electron chi connectivity index (χ3n) is 2.69. The van der Waals surface area contributed by atoms with E-state index in [1.54, 1.807) is 11.6 Å². The van der Waals surface area contributed by atoms with Crippen LogP contribution in [0.2, 0.25) is 0 Å². The summed E-state index contributed by atoms with van der Waals surface area (Å²) < 4.78 is 1.59. The number of rotatable bonds is 2. The van der Waals surface area contributed by atoms with Crippen molar-refractivity contribution in [3.8, 4) is 0 Å². The Morgan fingerprint density at radius 3 is 2.64 bits per heavy atom. The van der Waals surface area contributed by atoms with Crippen LogP contribution in [0.15, 0.2) is 0 Å². The molecule has 2 N–H and O–H groups in total. The number of aromatic nitrogens is 2. The number of nitrogen functional groups attached to an aromatic ring is 1. The third-order valence-corrected chi connectivity index (χ3v) is 2.69. The average molecular weight is 196 g/mol. The highest BCUT2D eigenvalue weighted by molar-refractivity contribution is 5.56. The Morgan fingerprint density at radius 1 is 1.64 bits per heavy atom. The summed E-state index contributed by atoms with van der Waals surface area (Å²) in [6, 6.07) is 0.266. The SMILES string of the molecule is Cc1nn(C2CCC2)c(N)c1[N+](=O)[O-]. The summed E-state index contributed by atoms with van der Waals surface area (Å²) in [6.07, 6.45) is 3.18. The molecule has 0 saturated heterocycles. The Kier molecular flexibility index (Phi) is 1.90. The lowest BCUT2D eigenvalue weighted by atomic mass is 9.93. The molecule has 0 amide bonds. The van der Waals surface area contributed by atoms with Crippen LogP contribution in [0.3, 0.4) is 0 Å². The first-order valence-electron chi connectivity index (χ1n) is 4.60. The molecule has 0 spiro atoms. The fraction of sp³-hybridized carbons (Fsp3) is 0.625. The molecule has 0 bridgehead atoms. The van der Waals surface area contributed by atoms with Crippen LogP contribution in [0.4, 0.5) is 11.5 Å². The van der Waals surface area contributed by atoms with Crippen molar-refractivity contribution in [2.45, 2.75) is 32.2 Å². The molecule has 0 radical (unpaired) electrons. The zero-order valence-corrected chi connectivity index (χ0v) is 7.93. The maximum Gasteiger partial charge on any atom is 0.333 e. The molecule has 0 aliphatic heterocycles. The Balaban J connectivity index is 2.42. The Labute approximate surface area is 80.9 Å². The smallest absolute Gasteiger partial charge is 0.333 e. The number of hydrogen-bond acceptors (Lipinski definition) is 4. The molecule has 1 aromatic rings. The van der Waals surface area contributed by atoms with Gasteiger partial charge in [0.05, 0.1) is 11.0 Å². The summed E-state index contributed by atoms with van der Waals surface area (Å²) in [5, 5.41) is 14.8. The van der Waals surface area contributed by atoms with E-state index in [2.05, 4.69) is 5.10 Å². The highest BCUT2D eigenvalue weighted by Gasteiger charge is 2.29. The van der Waals surface area contributed by atoms with Gasteiger partial charge in [0.2, 0.25) is 5.82 Å². The fourth-order valence-corrected chi connectivity index (χ4v) is 1.69. The van der Waals surface area contributed by atoms with E-state index in [-0.39, 0.29) is 17.5 Å². The number of nitrogens with zero attached hydrogens (tertiary/aromatic N) is 3. The number of anilines is 1. The van der Waals surface area contributed by atoms with E-state index >= 15 is 0 Å². The van der Waals surface area contributed by atoms with Gasteiger partial charge in [-0.15, -0.1) is 0 Å². The monoisotopic (exact) mass is 196 g/mol. The zero-order valence-electron chi connectivity index (χ0n) is 7.93. The second kappa shape index (κ2) is 2.97. The highest BCUT2D eigenvalue weighted by atomic mass is 16.6. The molecule has 6 nitrogen and oxygen atoms in total. The van der Waals surface area contributed by atoms with Crippen molar-refractivity contribution < 1.29 is 4.92 Å². The van der Waals surface area contributed by atoms with Crippen LogP contribution in [0, 0.1) is 17.0 Å². The minimum atomic E-state index is -0.465. The summed E-state index contributed by atoms with van der Waals surface area (Å²) in [5.74, 6) is 0.192. The summed E-state index contributed by atoms with van der Waals surface area (Å²) in [5.41, 5.74) is 6.03. The largest absolute Gasteiger partial charge is 0.378 e. The number of nitrogens with two attached hydrogens (primary N) is 1. The van der Waals surface area contributed by atoms with Crippen LogP contribution >= 0.6 is 0 Å². The maximum absolute atomic E-state index is 10.7. The van der Waals surface area contributed by atoms with Crippen LogP contribution in [0.5, 0.6) is 0 Å². The topological polar surface area (TPSA) is 87.0 Å². The average Bonchev–Trinajstić information content (AvgIpc) is 2.23. The van der Waals surface area contributed by atoms with Crippen LogP contribution in [-0.2, 0) is 0 Å². The van der Waals surface area contributed by atoms with Crippen LogP contribution in [0.1, 0.15) is 31.0 Å². The lowest BCUT2D eigenvalue weighted by Gasteiger charge is -2.25. The van der Waals surface area contributed by atoms with Crippen molar-refractivity contribution in [1.82, 2.24) is 9.78 Å². The molecule has 2 rings (SSSR count). The van der Waals surface area contributed by atoms with Gasteiger partial charge in [-0.1, -0.05) is 0 Å². The molecule has 1 heterocycles. The van der Waals surface area contributed by atoms with Gasteiger partial charge in [-0.2, -0.15) is 5.10 Å². The predicted octanol–water partition coefficient (Wildman–Crippen LogP) is 1.41. The van der Waals surface area contributed by atoms with E-state index in [1.165, 1.54) is 0 Å². The van der Waals surface area contributed by atoms with Gasteiger partial charge in [0.25, 0.3) is 0 Å². The van der Waals surface area contributed by atoms with E-state index in [0.717, 1.165) is 19.3 Å².